The topological polar surface area (TPSA) is 56.6 Å². The van der Waals surface area contributed by atoms with E-state index in [1.807, 2.05) is 0 Å². The minimum atomic E-state index is -6.28. The van der Waals surface area contributed by atoms with Gasteiger partial charge in [-0.1, -0.05) is 6.07 Å². The largest absolute Gasteiger partial charge is 0.458 e. The van der Waals surface area contributed by atoms with Crippen LogP contribution in [-0.4, -0.2) is 11.2 Å². The summed E-state index contributed by atoms with van der Waals surface area (Å²) in [6, 6.07) is 3.20. The molecule has 1 N–H and O–H groups in total. The molecule has 11 heteroatoms. The zero-order valence-electron chi connectivity index (χ0n) is 13.2. The number of hydrogen-bond donors (Lipinski definition) is 1. The maximum atomic E-state index is 13.7. The first-order valence-corrected chi connectivity index (χ1v) is 7.00. The molecule has 0 aliphatic carbocycles. The molecule has 27 heavy (non-hydrogen) atoms. The predicted molar refractivity (Wildman–Crippen MR) is 76.9 cm³/mol. The predicted octanol–water partition coefficient (Wildman–Crippen LogP) is 4.89. The van der Waals surface area contributed by atoms with Gasteiger partial charge in [-0.25, -0.2) is 0 Å². The van der Waals surface area contributed by atoms with Crippen molar-refractivity contribution >= 4 is 0 Å². The molecule has 1 aromatic heterocycles. The van der Waals surface area contributed by atoms with Gasteiger partial charge in [-0.05, 0) is 30.7 Å². The van der Waals surface area contributed by atoms with Crippen molar-refractivity contribution < 1.29 is 35.1 Å². The Morgan fingerprint density at radius 3 is 2.04 bits per heavy atom. The summed E-state index contributed by atoms with van der Waals surface area (Å²) in [5.74, 6) is -5.81. The number of nitrogens with zero attached hydrogens (tertiary/aromatic N) is 1. The summed E-state index contributed by atoms with van der Waals surface area (Å²) >= 11 is 0. The van der Waals surface area contributed by atoms with E-state index in [2.05, 4.69) is 4.98 Å². The van der Waals surface area contributed by atoms with Crippen molar-refractivity contribution in [2.75, 3.05) is 0 Å². The van der Waals surface area contributed by atoms with Crippen molar-refractivity contribution in [2.45, 2.75) is 25.2 Å². The highest BCUT2D eigenvalue weighted by Crippen LogP contribution is 2.49. The van der Waals surface area contributed by atoms with Crippen molar-refractivity contribution in [1.29, 1.82) is 5.26 Å². The van der Waals surface area contributed by atoms with Crippen LogP contribution in [0, 0.1) is 18.3 Å². The van der Waals surface area contributed by atoms with Crippen LogP contribution < -0.4 is 5.56 Å². The standard InChI is InChI=1S/C16H8F8N2O/c1-7-4-9(10(6-25)13(27)26-7)8-2-3-11(15(19,20)21)12(5-8)14(17,18)16(22,23)24/h2-5H,1H3,(H,26,27). The lowest BCUT2D eigenvalue weighted by atomic mass is 9.93. The van der Waals surface area contributed by atoms with Gasteiger partial charge >= 0.3 is 18.3 Å². The number of nitriles is 1. The number of pyridine rings is 1. The van der Waals surface area contributed by atoms with Gasteiger partial charge in [0.1, 0.15) is 11.6 Å². The second-order valence-electron chi connectivity index (χ2n) is 5.51. The fraction of sp³-hybridized carbons (Fsp3) is 0.250. The molecule has 0 spiro atoms. The molecule has 144 valence electrons. The summed E-state index contributed by atoms with van der Waals surface area (Å²) in [6.07, 6.45) is -11.8. The van der Waals surface area contributed by atoms with Gasteiger partial charge in [0, 0.05) is 16.8 Å². The number of H-pyrrole nitrogens is 1. The number of aromatic amines is 1. The van der Waals surface area contributed by atoms with Crippen LogP contribution in [0.1, 0.15) is 22.4 Å². The number of alkyl halides is 8. The Morgan fingerprint density at radius 2 is 1.56 bits per heavy atom. The zero-order chi connectivity index (χ0) is 20.8. The summed E-state index contributed by atoms with van der Waals surface area (Å²) in [7, 11) is 0. The molecule has 0 atom stereocenters. The van der Waals surface area contributed by atoms with E-state index in [9.17, 15) is 39.9 Å². The van der Waals surface area contributed by atoms with Gasteiger partial charge < -0.3 is 4.98 Å². The Bertz CT molecular complexity index is 980. The van der Waals surface area contributed by atoms with Crippen LogP contribution in [0.3, 0.4) is 0 Å². The molecule has 1 heterocycles. The molecule has 0 saturated carbocycles. The highest BCUT2D eigenvalue weighted by Gasteiger charge is 2.61. The quantitative estimate of drug-likeness (QED) is 0.735. The Hall–Kier alpha value is -2.90. The lowest BCUT2D eigenvalue weighted by molar-refractivity contribution is -0.291. The minimum absolute atomic E-state index is 0.00856. The number of aryl methyl sites for hydroxylation is 1. The first kappa shape index (κ1) is 20.4. The third-order valence-corrected chi connectivity index (χ3v) is 3.61. The van der Waals surface area contributed by atoms with Gasteiger partial charge in [0.05, 0.1) is 5.56 Å². The molecule has 0 saturated heterocycles. The molecule has 0 radical (unpaired) electrons. The fourth-order valence-electron chi connectivity index (χ4n) is 2.40. The minimum Gasteiger partial charge on any atom is -0.325 e. The van der Waals surface area contributed by atoms with E-state index in [1.54, 1.807) is 0 Å². The number of benzene rings is 1. The normalized spacial score (nSPS) is 12.7. The highest BCUT2D eigenvalue weighted by atomic mass is 19.4. The lowest BCUT2D eigenvalue weighted by Gasteiger charge is -2.24. The van der Waals surface area contributed by atoms with Gasteiger partial charge in [0.2, 0.25) is 0 Å². The van der Waals surface area contributed by atoms with Crippen LogP contribution in [0.4, 0.5) is 35.1 Å². The molecule has 0 bridgehead atoms. The van der Waals surface area contributed by atoms with E-state index in [0.29, 0.717) is 6.07 Å². The molecule has 2 aromatic rings. The average Bonchev–Trinajstić information content (AvgIpc) is 2.51. The summed E-state index contributed by atoms with van der Waals surface area (Å²) in [4.78, 5) is 14.0. The molecule has 1 aromatic carbocycles. The summed E-state index contributed by atoms with van der Waals surface area (Å²) < 4.78 is 104. The fourth-order valence-corrected chi connectivity index (χ4v) is 2.40. The first-order valence-electron chi connectivity index (χ1n) is 7.00. The van der Waals surface area contributed by atoms with Crippen molar-refractivity contribution in [3.63, 3.8) is 0 Å². The number of halogens is 8. The van der Waals surface area contributed by atoms with Crippen molar-refractivity contribution in [3.8, 4) is 17.2 Å². The van der Waals surface area contributed by atoms with E-state index in [4.69, 9.17) is 5.26 Å². The Morgan fingerprint density at radius 1 is 0.963 bits per heavy atom. The SMILES string of the molecule is Cc1cc(-c2ccc(C(F)(F)F)c(C(F)(F)C(F)(F)F)c2)c(C#N)c(=O)[nH]1. The van der Waals surface area contributed by atoms with E-state index in [1.165, 1.54) is 13.0 Å². The Kier molecular flexibility index (Phi) is 4.81. The molecule has 2 rings (SSSR count). The first-order chi connectivity index (χ1) is 12.2. The molecule has 0 aliphatic rings. The molecule has 0 aliphatic heterocycles. The van der Waals surface area contributed by atoms with Gasteiger partial charge in [-0.3, -0.25) is 4.79 Å². The maximum Gasteiger partial charge on any atom is 0.458 e. The molecule has 0 fully saturated rings. The Labute approximate surface area is 145 Å². The summed E-state index contributed by atoms with van der Waals surface area (Å²) in [5, 5.41) is 9.02. The zero-order valence-corrected chi connectivity index (χ0v) is 13.2. The van der Waals surface area contributed by atoms with Crippen LogP contribution in [-0.2, 0) is 12.1 Å². The lowest BCUT2D eigenvalue weighted by Crippen LogP contribution is -2.35. The van der Waals surface area contributed by atoms with Crippen molar-refractivity contribution in [3.05, 3.63) is 57.0 Å². The third kappa shape index (κ3) is 3.65. The van der Waals surface area contributed by atoms with Gasteiger partial charge in [0.15, 0.2) is 0 Å². The molecule has 0 unspecified atom stereocenters. The summed E-state index contributed by atoms with van der Waals surface area (Å²) in [6.45, 7) is 1.33. The van der Waals surface area contributed by atoms with E-state index in [-0.39, 0.29) is 23.4 Å². The van der Waals surface area contributed by atoms with Gasteiger partial charge in [0.25, 0.3) is 5.56 Å². The van der Waals surface area contributed by atoms with Crippen molar-refractivity contribution in [1.82, 2.24) is 4.98 Å². The molecule has 0 amide bonds. The number of aromatic nitrogens is 1. The number of nitrogens with one attached hydrogen (secondary N) is 1. The van der Waals surface area contributed by atoms with Crippen molar-refractivity contribution in [2.24, 2.45) is 0 Å². The van der Waals surface area contributed by atoms with Crippen LogP contribution in [0.25, 0.3) is 11.1 Å². The molecule has 3 nitrogen and oxygen atoms in total. The smallest absolute Gasteiger partial charge is 0.325 e. The second kappa shape index (κ2) is 6.37. The van der Waals surface area contributed by atoms with Crippen LogP contribution in [0.5, 0.6) is 0 Å². The van der Waals surface area contributed by atoms with Crippen LogP contribution >= 0.6 is 0 Å². The Balaban J connectivity index is 2.88. The molecular weight excluding hydrogens is 388 g/mol. The van der Waals surface area contributed by atoms with Crippen LogP contribution in [0.15, 0.2) is 29.1 Å². The van der Waals surface area contributed by atoms with E-state index in [0.717, 1.165) is 6.07 Å². The monoisotopic (exact) mass is 396 g/mol. The maximum absolute atomic E-state index is 13.7. The number of hydrogen-bond acceptors (Lipinski definition) is 2. The van der Waals surface area contributed by atoms with Gasteiger partial charge in [-0.15, -0.1) is 0 Å². The van der Waals surface area contributed by atoms with E-state index >= 15 is 0 Å². The summed E-state index contributed by atoms with van der Waals surface area (Å²) in [5.41, 5.74) is -6.90. The second-order valence-corrected chi connectivity index (χ2v) is 5.51. The average molecular weight is 396 g/mol. The molecular formula is C16H8F8N2O. The third-order valence-electron chi connectivity index (χ3n) is 3.61. The number of rotatable bonds is 2. The van der Waals surface area contributed by atoms with E-state index < -0.39 is 46.1 Å². The van der Waals surface area contributed by atoms with Gasteiger partial charge in [-0.2, -0.15) is 40.4 Å². The van der Waals surface area contributed by atoms with Crippen LogP contribution in [0.2, 0.25) is 0 Å². The highest BCUT2D eigenvalue weighted by molar-refractivity contribution is 5.71.